The van der Waals surface area contributed by atoms with Gasteiger partial charge in [0.05, 0.1) is 30.8 Å². The zero-order chi connectivity index (χ0) is 20.5. The van der Waals surface area contributed by atoms with E-state index in [9.17, 15) is 4.79 Å². The highest BCUT2D eigenvalue weighted by molar-refractivity contribution is 6.17. The number of hydrogen-bond donors (Lipinski definition) is 4. The summed E-state index contributed by atoms with van der Waals surface area (Å²) in [4.78, 5) is 20.4. The second kappa shape index (κ2) is 7.16. The molecule has 0 spiro atoms. The number of rotatable bonds is 5. The van der Waals surface area contributed by atoms with E-state index in [-0.39, 0.29) is 11.7 Å². The molecule has 1 amide bonds. The molecule has 4 rings (SSSR count). The predicted octanol–water partition coefficient (Wildman–Crippen LogP) is 3.27. The fourth-order valence-electron chi connectivity index (χ4n) is 3.22. The van der Waals surface area contributed by atoms with Crippen molar-refractivity contribution in [2.75, 3.05) is 19.5 Å². The second-order valence-corrected chi connectivity index (χ2v) is 6.42. The fourth-order valence-corrected chi connectivity index (χ4v) is 3.22. The Balaban J connectivity index is 1.71. The average Bonchev–Trinajstić information content (AvgIpc) is 3.17. The molecule has 0 aliphatic heterocycles. The van der Waals surface area contributed by atoms with Gasteiger partial charge in [0.25, 0.3) is 5.91 Å². The van der Waals surface area contributed by atoms with Crippen molar-refractivity contribution in [3.05, 3.63) is 59.9 Å². The summed E-state index contributed by atoms with van der Waals surface area (Å²) >= 11 is 0. The van der Waals surface area contributed by atoms with Crippen LogP contribution in [-0.4, -0.2) is 35.9 Å². The number of nitrogens with two attached hydrogens (primary N) is 1. The van der Waals surface area contributed by atoms with Crippen LogP contribution in [0.15, 0.2) is 48.8 Å². The number of ether oxygens (including phenoxy) is 2. The molecule has 0 unspecified atom stereocenters. The maximum Gasteiger partial charge on any atom is 0.257 e. The van der Waals surface area contributed by atoms with Gasteiger partial charge >= 0.3 is 0 Å². The molecule has 0 aliphatic rings. The number of amidine groups is 1. The van der Waals surface area contributed by atoms with E-state index in [1.54, 1.807) is 56.9 Å². The predicted molar refractivity (Wildman–Crippen MR) is 112 cm³/mol. The van der Waals surface area contributed by atoms with Gasteiger partial charge in [0, 0.05) is 40.5 Å². The van der Waals surface area contributed by atoms with Gasteiger partial charge in [-0.05, 0) is 30.3 Å². The summed E-state index contributed by atoms with van der Waals surface area (Å²) < 4.78 is 10.7. The van der Waals surface area contributed by atoms with E-state index in [1.165, 1.54) is 0 Å². The second-order valence-electron chi connectivity index (χ2n) is 6.42. The SMILES string of the molecule is COc1cc2ncc3c(C(=O)Nc4ccc(C(=N)N)cc4)c[nH]c3c2cc1OC. The van der Waals surface area contributed by atoms with Crippen LogP contribution in [0.4, 0.5) is 5.69 Å². The Hall–Kier alpha value is -4.07. The Labute approximate surface area is 166 Å². The lowest BCUT2D eigenvalue weighted by Crippen LogP contribution is -2.13. The first-order valence-corrected chi connectivity index (χ1v) is 8.79. The number of anilines is 1. The summed E-state index contributed by atoms with van der Waals surface area (Å²) in [7, 11) is 3.14. The van der Waals surface area contributed by atoms with Crippen LogP contribution in [-0.2, 0) is 0 Å². The van der Waals surface area contributed by atoms with E-state index in [0.29, 0.717) is 33.7 Å². The Bertz CT molecular complexity index is 1240. The number of benzene rings is 2. The van der Waals surface area contributed by atoms with E-state index in [1.807, 2.05) is 6.07 Å². The van der Waals surface area contributed by atoms with Gasteiger partial charge in [-0.25, -0.2) is 0 Å². The summed E-state index contributed by atoms with van der Waals surface area (Å²) in [6.45, 7) is 0. The number of pyridine rings is 1. The summed E-state index contributed by atoms with van der Waals surface area (Å²) in [5.41, 5.74) is 8.64. The van der Waals surface area contributed by atoms with Gasteiger partial charge in [-0.1, -0.05) is 0 Å². The monoisotopic (exact) mass is 389 g/mol. The molecule has 0 atom stereocenters. The van der Waals surface area contributed by atoms with Crippen LogP contribution in [0.5, 0.6) is 11.5 Å². The number of aromatic nitrogens is 2. The van der Waals surface area contributed by atoms with Crippen molar-refractivity contribution in [1.29, 1.82) is 5.41 Å². The van der Waals surface area contributed by atoms with E-state index in [0.717, 1.165) is 16.4 Å². The van der Waals surface area contributed by atoms with Crippen molar-refractivity contribution in [2.24, 2.45) is 5.73 Å². The zero-order valence-electron chi connectivity index (χ0n) is 15.9. The third-order valence-electron chi connectivity index (χ3n) is 4.72. The number of H-pyrrole nitrogens is 1. The molecular weight excluding hydrogens is 370 g/mol. The molecular formula is C21H19N5O3. The summed E-state index contributed by atoms with van der Waals surface area (Å²) in [5.74, 6) is 0.879. The minimum atomic E-state index is -0.270. The number of methoxy groups -OCH3 is 2. The number of aromatic amines is 1. The first kappa shape index (κ1) is 18.3. The number of hydrogen-bond acceptors (Lipinski definition) is 5. The minimum Gasteiger partial charge on any atom is -0.493 e. The lowest BCUT2D eigenvalue weighted by molar-refractivity contribution is 0.102. The van der Waals surface area contributed by atoms with Crippen LogP contribution in [0.1, 0.15) is 15.9 Å². The normalized spacial score (nSPS) is 10.8. The highest BCUT2D eigenvalue weighted by Gasteiger charge is 2.16. The number of fused-ring (bicyclic) bond motifs is 3. The van der Waals surface area contributed by atoms with Gasteiger partial charge in [0.1, 0.15) is 5.84 Å². The quantitative estimate of drug-likeness (QED) is 0.308. The molecule has 146 valence electrons. The third-order valence-corrected chi connectivity index (χ3v) is 4.72. The lowest BCUT2D eigenvalue weighted by atomic mass is 10.1. The van der Waals surface area contributed by atoms with Gasteiger partial charge < -0.3 is 25.5 Å². The first-order chi connectivity index (χ1) is 14.0. The van der Waals surface area contributed by atoms with Crippen molar-refractivity contribution < 1.29 is 14.3 Å². The standard InChI is InChI=1S/C21H19N5O3/c1-28-17-7-13-16(8-18(17)29-2)24-9-14-15(10-25-19(13)14)21(27)26-12-5-3-11(4-6-12)20(22)23/h3-10,25H,1-2H3,(H3,22,23)(H,26,27). The highest BCUT2D eigenvalue weighted by Crippen LogP contribution is 2.35. The molecule has 0 saturated heterocycles. The van der Waals surface area contributed by atoms with Gasteiger partial charge in [0.15, 0.2) is 11.5 Å². The Kier molecular flexibility index (Phi) is 4.52. The number of nitrogen functional groups attached to an aromatic ring is 1. The average molecular weight is 389 g/mol. The molecule has 2 heterocycles. The molecule has 0 fully saturated rings. The molecule has 2 aromatic heterocycles. The van der Waals surface area contributed by atoms with Crippen LogP contribution in [0.3, 0.4) is 0 Å². The maximum absolute atomic E-state index is 12.8. The molecule has 0 bridgehead atoms. The maximum atomic E-state index is 12.8. The van der Waals surface area contributed by atoms with E-state index >= 15 is 0 Å². The topological polar surface area (TPSA) is 126 Å². The Morgan fingerprint density at radius 3 is 2.45 bits per heavy atom. The van der Waals surface area contributed by atoms with E-state index in [4.69, 9.17) is 20.6 Å². The molecule has 0 saturated carbocycles. The van der Waals surface area contributed by atoms with Gasteiger partial charge in [-0.3, -0.25) is 15.2 Å². The summed E-state index contributed by atoms with van der Waals surface area (Å²) in [5, 5.41) is 11.8. The van der Waals surface area contributed by atoms with Gasteiger partial charge in [0.2, 0.25) is 0 Å². The van der Waals surface area contributed by atoms with Crippen molar-refractivity contribution in [3.63, 3.8) is 0 Å². The number of nitrogens with zero attached hydrogens (tertiary/aromatic N) is 1. The lowest BCUT2D eigenvalue weighted by Gasteiger charge is -2.09. The summed E-state index contributed by atoms with van der Waals surface area (Å²) in [6, 6.07) is 10.4. The third kappa shape index (κ3) is 3.20. The first-order valence-electron chi connectivity index (χ1n) is 8.79. The Morgan fingerprint density at radius 2 is 1.79 bits per heavy atom. The van der Waals surface area contributed by atoms with Crippen molar-refractivity contribution >= 4 is 39.2 Å². The molecule has 8 heteroatoms. The molecule has 2 aromatic carbocycles. The molecule has 29 heavy (non-hydrogen) atoms. The summed E-state index contributed by atoms with van der Waals surface area (Å²) in [6.07, 6.45) is 3.32. The van der Waals surface area contributed by atoms with Crippen molar-refractivity contribution in [2.45, 2.75) is 0 Å². The number of carbonyl (C=O) groups excluding carboxylic acids is 1. The van der Waals surface area contributed by atoms with Gasteiger partial charge in [-0.2, -0.15) is 0 Å². The van der Waals surface area contributed by atoms with Crippen molar-refractivity contribution in [1.82, 2.24) is 9.97 Å². The smallest absolute Gasteiger partial charge is 0.257 e. The van der Waals surface area contributed by atoms with Crippen LogP contribution < -0.4 is 20.5 Å². The zero-order valence-corrected chi connectivity index (χ0v) is 15.9. The molecule has 8 nitrogen and oxygen atoms in total. The molecule has 0 radical (unpaired) electrons. The number of nitrogens with one attached hydrogen (secondary N) is 3. The van der Waals surface area contributed by atoms with Crippen LogP contribution in [0.25, 0.3) is 21.8 Å². The Morgan fingerprint density at radius 1 is 1.10 bits per heavy atom. The highest BCUT2D eigenvalue weighted by atomic mass is 16.5. The van der Waals surface area contributed by atoms with Crippen LogP contribution >= 0.6 is 0 Å². The molecule has 4 aromatic rings. The van der Waals surface area contributed by atoms with E-state index < -0.39 is 0 Å². The van der Waals surface area contributed by atoms with E-state index in [2.05, 4.69) is 15.3 Å². The van der Waals surface area contributed by atoms with Crippen molar-refractivity contribution in [3.8, 4) is 11.5 Å². The largest absolute Gasteiger partial charge is 0.493 e. The number of amides is 1. The molecule has 5 N–H and O–H groups in total. The minimum absolute atomic E-state index is 0.0236. The van der Waals surface area contributed by atoms with Crippen LogP contribution in [0, 0.1) is 5.41 Å². The van der Waals surface area contributed by atoms with Gasteiger partial charge in [-0.15, -0.1) is 0 Å². The van der Waals surface area contributed by atoms with Crippen LogP contribution in [0.2, 0.25) is 0 Å². The fraction of sp³-hybridized carbons (Fsp3) is 0.0952. The number of carbonyl (C=O) groups is 1. The molecule has 0 aliphatic carbocycles.